The minimum Gasteiger partial charge on any atom is -0.444 e. The predicted molar refractivity (Wildman–Crippen MR) is 193 cm³/mol. The van der Waals surface area contributed by atoms with Crippen molar-refractivity contribution in [2.45, 2.75) is 194 Å². The van der Waals surface area contributed by atoms with E-state index in [0.29, 0.717) is 13.1 Å². The van der Waals surface area contributed by atoms with Gasteiger partial charge in [-0.3, -0.25) is 9.59 Å². The number of nitrogens with zero attached hydrogens (tertiary/aromatic N) is 1. The normalized spacial score (nSPS) is 16.5. The van der Waals surface area contributed by atoms with Gasteiger partial charge < -0.3 is 20.3 Å². The second-order valence-electron chi connectivity index (χ2n) is 15.0. The molecule has 0 aromatic carbocycles. The van der Waals surface area contributed by atoms with E-state index in [4.69, 9.17) is 4.74 Å². The van der Waals surface area contributed by atoms with Crippen LogP contribution >= 0.6 is 0 Å². The smallest absolute Gasteiger partial charge is 0.410 e. The van der Waals surface area contributed by atoms with Crippen molar-refractivity contribution >= 4 is 17.9 Å². The Labute approximate surface area is 284 Å². The number of rotatable bonds is 28. The van der Waals surface area contributed by atoms with Crippen molar-refractivity contribution in [3.8, 4) is 0 Å². The number of unbranched alkanes of at least 4 members (excludes halogenated alkanes) is 22. The van der Waals surface area contributed by atoms with Gasteiger partial charge in [0.2, 0.25) is 11.8 Å². The molecule has 0 saturated carbocycles. The monoisotopic (exact) mass is 650 g/mol. The molecule has 46 heavy (non-hydrogen) atoms. The van der Waals surface area contributed by atoms with Gasteiger partial charge in [-0.1, -0.05) is 155 Å². The highest BCUT2D eigenvalue weighted by molar-refractivity contribution is 5.89. The van der Waals surface area contributed by atoms with Crippen LogP contribution in [0.3, 0.4) is 0 Å². The molecule has 2 atom stereocenters. The summed E-state index contributed by atoms with van der Waals surface area (Å²) in [6, 6.07) is 0. The third-order valence-corrected chi connectivity index (χ3v) is 9.30. The molecule has 2 N–H and O–H groups in total. The molecular weight excluding hydrogens is 574 g/mol. The lowest BCUT2D eigenvalue weighted by Gasteiger charge is -2.24. The van der Waals surface area contributed by atoms with Gasteiger partial charge >= 0.3 is 6.09 Å². The second-order valence-corrected chi connectivity index (χ2v) is 15.0. The van der Waals surface area contributed by atoms with E-state index in [9.17, 15) is 14.4 Å². The molecule has 270 valence electrons. The van der Waals surface area contributed by atoms with E-state index in [1.165, 1.54) is 133 Å². The van der Waals surface area contributed by atoms with Crippen LogP contribution in [0.25, 0.3) is 0 Å². The summed E-state index contributed by atoms with van der Waals surface area (Å²) in [6.45, 7) is 11.7. The van der Waals surface area contributed by atoms with Gasteiger partial charge in [0.05, 0.1) is 11.8 Å². The van der Waals surface area contributed by atoms with Crippen LogP contribution in [0.15, 0.2) is 0 Å². The molecule has 1 saturated heterocycles. The Balaban J connectivity index is 2.34. The summed E-state index contributed by atoms with van der Waals surface area (Å²) in [6.07, 6.45) is 30.2. The van der Waals surface area contributed by atoms with Gasteiger partial charge in [0.25, 0.3) is 0 Å². The third kappa shape index (κ3) is 21.9. The van der Waals surface area contributed by atoms with Gasteiger partial charge in [-0.05, 0) is 33.6 Å². The quantitative estimate of drug-likeness (QED) is 0.0826. The first-order valence-corrected chi connectivity index (χ1v) is 19.7. The van der Waals surface area contributed by atoms with Crippen molar-refractivity contribution in [3.05, 3.63) is 0 Å². The Morgan fingerprint density at radius 3 is 1.09 bits per heavy atom. The fourth-order valence-corrected chi connectivity index (χ4v) is 6.43. The van der Waals surface area contributed by atoms with E-state index in [2.05, 4.69) is 24.5 Å². The van der Waals surface area contributed by atoms with E-state index in [-0.39, 0.29) is 24.9 Å². The zero-order valence-corrected chi connectivity index (χ0v) is 31.0. The predicted octanol–water partition coefficient (Wildman–Crippen LogP) is 10.1. The summed E-state index contributed by atoms with van der Waals surface area (Å²) in [5, 5.41) is 6.14. The topological polar surface area (TPSA) is 87.7 Å². The summed E-state index contributed by atoms with van der Waals surface area (Å²) in [5.74, 6) is -1.35. The van der Waals surface area contributed by atoms with Gasteiger partial charge in [-0.25, -0.2) is 4.79 Å². The first-order valence-electron chi connectivity index (χ1n) is 19.7. The molecule has 1 rings (SSSR count). The van der Waals surface area contributed by atoms with Gasteiger partial charge in [-0.2, -0.15) is 0 Å². The van der Waals surface area contributed by atoms with Crippen molar-refractivity contribution in [2.24, 2.45) is 11.8 Å². The first-order chi connectivity index (χ1) is 22.2. The lowest BCUT2D eigenvalue weighted by Crippen LogP contribution is -2.42. The molecule has 0 aromatic rings. The SMILES string of the molecule is CCCCCCCCCCCCCCNC(=O)[C@@H]1CN(C(=O)OC(C)(C)C)C[C@H]1C(=O)NCCCCCCCCCCCCCC. The fraction of sp³-hybridized carbons (Fsp3) is 0.923. The Kier molecular flexibility index (Phi) is 25.0. The van der Waals surface area contributed by atoms with Gasteiger partial charge in [0.1, 0.15) is 5.60 Å². The summed E-state index contributed by atoms with van der Waals surface area (Å²) in [4.78, 5) is 40.8. The van der Waals surface area contributed by atoms with E-state index in [1.807, 2.05) is 20.8 Å². The summed E-state index contributed by atoms with van der Waals surface area (Å²) in [5.41, 5.74) is -0.627. The standard InChI is InChI=1S/C39H75N3O4/c1-6-8-10-12-14-16-18-20-22-24-26-28-30-40-36(43)34-32-42(38(45)46-39(3,4)5)33-35(34)37(44)41-31-29-27-25-23-21-19-17-15-13-11-9-7-2/h34-35H,6-33H2,1-5H3,(H,40,43)(H,41,44)/t34-,35-/m1/s1. The fourth-order valence-electron chi connectivity index (χ4n) is 6.43. The number of nitrogens with one attached hydrogen (secondary N) is 2. The Morgan fingerprint density at radius 2 is 0.804 bits per heavy atom. The van der Waals surface area contributed by atoms with Gasteiger partial charge in [0, 0.05) is 26.2 Å². The minimum absolute atomic E-state index is 0.125. The molecule has 3 amide bonds. The lowest BCUT2D eigenvalue weighted by molar-refractivity contribution is -0.132. The van der Waals surface area contributed by atoms with E-state index in [1.54, 1.807) is 0 Å². The largest absolute Gasteiger partial charge is 0.444 e. The molecule has 0 aliphatic carbocycles. The van der Waals surface area contributed by atoms with Crippen molar-refractivity contribution < 1.29 is 19.1 Å². The van der Waals surface area contributed by atoms with Crippen molar-refractivity contribution in [1.29, 1.82) is 0 Å². The maximum atomic E-state index is 13.2. The van der Waals surface area contributed by atoms with Crippen LogP contribution in [0.4, 0.5) is 4.79 Å². The number of hydrogen-bond acceptors (Lipinski definition) is 4. The Morgan fingerprint density at radius 1 is 0.522 bits per heavy atom. The summed E-state index contributed by atoms with van der Waals surface area (Å²) < 4.78 is 5.57. The second kappa shape index (κ2) is 27.2. The molecule has 0 radical (unpaired) electrons. The maximum absolute atomic E-state index is 13.2. The van der Waals surface area contributed by atoms with Crippen LogP contribution < -0.4 is 10.6 Å². The Bertz CT molecular complexity index is 732. The molecule has 7 heteroatoms. The van der Waals surface area contributed by atoms with Crippen LogP contribution in [-0.4, -0.2) is 54.6 Å². The van der Waals surface area contributed by atoms with Crippen molar-refractivity contribution in [1.82, 2.24) is 15.5 Å². The molecule has 0 bridgehead atoms. The van der Waals surface area contributed by atoms with Crippen molar-refractivity contribution in [3.63, 3.8) is 0 Å². The average Bonchev–Trinajstić information content (AvgIpc) is 3.47. The van der Waals surface area contributed by atoms with Crippen LogP contribution in [0.5, 0.6) is 0 Å². The average molecular weight is 650 g/mol. The molecule has 1 aliphatic heterocycles. The van der Waals surface area contributed by atoms with Crippen LogP contribution in [-0.2, 0) is 14.3 Å². The highest BCUT2D eigenvalue weighted by Crippen LogP contribution is 2.26. The lowest BCUT2D eigenvalue weighted by atomic mass is 9.94. The van der Waals surface area contributed by atoms with Gasteiger partial charge in [-0.15, -0.1) is 0 Å². The molecule has 0 spiro atoms. The van der Waals surface area contributed by atoms with E-state index < -0.39 is 23.5 Å². The molecule has 7 nitrogen and oxygen atoms in total. The van der Waals surface area contributed by atoms with E-state index >= 15 is 0 Å². The summed E-state index contributed by atoms with van der Waals surface area (Å²) in [7, 11) is 0. The highest BCUT2D eigenvalue weighted by Gasteiger charge is 2.44. The maximum Gasteiger partial charge on any atom is 0.410 e. The molecular formula is C39H75N3O4. The Hall–Kier alpha value is -1.79. The molecule has 0 aromatic heterocycles. The summed E-state index contributed by atoms with van der Waals surface area (Å²) >= 11 is 0. The zero-order valence-electron chi connectivity index (χ0n) is 31.0. The number of carbonyl (C=O) groups excluding carboxylic acids is 3. The molecule has 1 heterocycles. The van der Waals surface area contributed by atoms with E-state index in [0.717, 1.165) is 25.7 Å². The molecule has 1 fully saturated rings. The van der Waals surface area contributed by atoms with Crippen LogP contribution in [0.1, 0.15) is 189 Å². The number of carbonyl (C=O) groups is 3. The highest BCUT2D eigenvalue weighted by atomic mass is 16.6. The third-order valence-electron chi connectivity index (χ3n) is 9.30. The number of hydrogen-bond donors (Lipinski definition) is 2. The molecule has 1 aliphatic rings. The molecule has 0 unspecified atom stereocenters. The first kappa shape index (κ1) is 42.2. The van der Waals surface area contributed by atoms with Crippen molar-refractivity contribution in [2.75, 3.05) is 26.2 Å². The van der Waals surface area contributed by atoms with Crippen LogP contribution in [0, 0.1) is 11.8 Å². The number of likely N-dealkylation sites (tertiary alicyclic amines) is 1. The van der Waals surface area contributed by atoms with Gasteiger partial charge in [0.15, 0.2) is 0 Å². The number of amides is 3. The van der Waals surface area contributed by atoms with Crippen LogP contribution in [0.2, 0.25) is 0 Å². The minimum atomic E-state index is -0.627. The zero-order chi connectivity index (χ0) is 33.9. The number of ether oxygens (including phenoxy) is 1.